The van der Waals surface area contributed by atoms with Gasteiger partial charge in [0.15, 0.2) is 0 Å². The van der Waals surface area contributed by atoms with Gasteiger partial charge in [0.1, 0.15) is 23.3 Å². The Morgan fingerprint density at radius 3 is 1.35 bits per heavy atom. The number of hydrogen-bond donors (Lipinski definition) is 2. The zero-order valence-electron chi connectivity index (χ0n) is 18.8. The first-order chi connectivity index (χ1) is 14.5. The molecule has 2 unspecified atom stereocenters. The minimum absolute atomic E-state index is 0.299. The summed E-state index contributed by atoms with van der Waals surface area (Å²) in [6.07, 6.45) is 1.08. The molecule has 0 saturated carbocycles. The molecule has 4 N–H and O–H groups in total. The molecule has 0 fully saturated rings. The third-order valence-corrected chi connectivity index (χ3v) is 4.81. The van der Waals surface area contributed by atoms with Crippen molar-refractivity contribution in [3.8, 4) is 0 Å². The lowest BCUT2D eigenvalue weighted by Gasteiger charge is -2.35. The van der Waals surface area contributed by atoms with Crippen LogP contribution in [0.2, 0.25) is 0 Å². The molecule has 0 aliphatic carbocycles. The summed E-state index contributed by atoms with van der Waals surface area (Å²) in [5.41, 5.74) is 12.3. The van der Waals surface area contributed by atoms with E-state index in [1.165, 1.54) is 0 Å². The average molecular weight is 427 g/mol. The molecule has 0 aromatic heterocycles. The molecule has 0 radical (unpaired) electrons. The van der Waals surface area contributed by atoms with Gasteiger partial charge >= 0.3 is 11.9 Å². The number of benzene rings is 2. The molecule has 0 aliphatic heterocycles. The highest BCUT2D eigenvalue weighted by atomic mass is 16.6. The average Bonchev–Trinajstić information content (AvgIpc) is 2.67. The fourth-order valence-corrected chi connectivity index (χ4v) is 3.70. The molecule has 0 spiro atoms. The Hall–Kier alpha value is -2.70. The Balaban J connectivity index is 1.89. The Morgan fingerprint density at radius 1 is 0.710 bits per heavy atom. The molecule has 0 aliphatic rings. The van der Waals surface area contributed by atoms with Gasteiger partial charge in [-0.05, 0) is 51.7 Å². The predicted molar refractivity (Wildman–Crippen MR) is 121 cm³/mol. The van der Waals surface area contributed by atoms with Crippen LogP contribution < -0.4 is 11.5 Å². The summed E-state index contributed by atoms with van der Waals surface area (Å²) in [7, 11) is 0. The van der Waals surface area contributed by atoms with Gasteiger partial charge in [0.25, 0.3) is 0 Å². The van der Waals surface area contributed by atoms with Crippen LogP contribution in [0, 0.1) is 0 Å². The van der Waals surface area contributed by atoms with E-state index in [1.807, 2.05) is 60.7 Å². The number of rotatable bonds is 10. The van der Waals surface area contributed by atoms with Crippen molar-refractivity contribution in [3.05, 3.63) is 71.8 Å². The first-order valence-electron chi connectivity index (χ1n) is 10.5. The summed E-state index contributed by atoms with van der Waals surface area (Å²) < 4.78 is 11.3. The maximum atomic E-state index is 12.5. The number of carbonyl (C=O) groups excluding carboxylic acids is 2. The normalized spacial score (nSPS) is 13.9. The third kappa shape index (κ3) is 8.52. The summed E-state index contributed by atoms with van der Waals surface area (Å²) in [5.74, 6) is -0.978. The lowest BCUT2D eigenvalue weighted by atomic mass is 9.91. The second-order valence-electron chi connectivity index (χ2n) is 9.13. The smallest absolute Gasteiger partial charge is 0.323 e. The van der Waals surface area contributed by atoms with E-state index < -0.39 is 35.2 Å². The molecule has 0 heterocycles. The van der Waals surface area contributed by atoms with Crippen molar-refractivity contribution in [1.29, 1.82) is 0 Å². The highest BCUT2D eigenvalue weighted by Gasteiger charge is 2.36. The standard InChI is InChI=1S/C25H34N2O4/c1-24(2,30-22(28)20(26)15-18-11-7-5-8-12-18)17-25(3,4)31-23(29)21(27)16-19-13-9-6-10-14-19/h5-14,20-21H,15-17,26-27H2,1-4H3. The second-order valence-corrected chi connectivity index (χ2v) is 9.13. The van der Waals surface area contributed by atoms with Crippen molar-refractivity contribution in [1.82, 2.24) is 0 Å². The van der Waals surface area contributed by atoms with Crippen LogP contribution in [0.1, 0.15) is 45.2 Å². The zero-order valence-corrected chi connectivity index (χ0v) is 18.8. The van der Waals surface area contributed by atoms with Gasteiger partial charge in [-0.1, -0.05) is 60.7 Å². The van der Waals surface area contributed by atoms with E-state index in [9.17, 15) is 9.59 Å². The summed E-state index contributed by atoms with van der Waals surface area (Å²) in [4.78, 5) is 25.0. The molecule has 2 atom stereocenters. The summed E-state index contributed by atoms with van der Waals surface area (Å²) in [5, 5.41) is 0. The number of esters is 2. The van der Waals surface area contributed by atoms with Crippen molar-refractivity contribution in [2.75, 3.05) is 0 Å². The number of hydrogen-bond acceptors (Lipinski definition) is 6. The highest BCUT2D eigenvalue weighted by Crippen LogP contribution is 2.27. The minimum atomic E-state index is -0.876. The van der Waals surface area contributed by atoms with Crippen LogP contribution in [0.4, 0.5) is 0 Å². The predicted octanol–water partition coefficient (Wildman–Crippen LogP) is 3.16. The quantitative estimate of drug-likeness (QED) is 0.566. The number of ether oxygens (including phenoxy) is 2. The van der Waals surface area contributed by atoms with E-state index in [0.29, 0.717) is 19.3 Å². The SMILES string of the molecule is CC(C)(CC(C)(C)OC(=O)C(N)Cc1ccccc1)OC(=O)C(N)Cc1ccccc1. The largest absolute Gasteiger partial charge is 0.458 e. The third-order valence-electron chi connectivity index (χ3n) is 4.81. The van der Waals surface area contributed by atoms with Crippen LogP contribution in [0.15, 0.2) is 60.7 Å². The van der Waals surface area contributed by atoms with Gasteiger partial charge in [0.05, 0.1) is 0 Å². The molecular formula is C25H34N2O4. The van der Waals surface area contributed by atoms with Crippen LogP contribution in [-0.2, 0) is 31.9 Å². The van der Waals surface area contributed by atoms with Crippen molar-refractivity contribution < 1.29 is 19.1 Å². The monoisotopic (exact) mass is 426 g/mol. The maximum Gasteiger partial charge on any atom is 0.323 e. The number of nitrogens with two attached hydrogens (primary N) is 2. The lowest BCUT2D eigenvalue weighted by molar-refractivity contribution is -0.172. The topological polar surface area (TPSA) is 105 Å². The fourth-order valence-electron chi connectivity index (χ4n) is 3.70. The first kappa shape index (κ1) is 24.6. The van der Waals surface area contributed by atoms with Crippen molar-refractivity contribution in [2.45, 2.75) is 70.2 Å². The van der Waals surface area contributed by atoms with Gasteiger partial charge < -0.3 is 20.9 Å². The zero-order chi connectivity index (χ0) is 23.1. The molecule has 168 valence electrons. The van der Waals surface area contributed by atoms with Crippen molar-refractivity contribution in [3.63, 3.8) is 0 Å². The van der Waals surface area contributed by atoms with Gasteiger partial charge in [-0.25, -0.2) is 0 Å². The number of carbonyl (C=O) groups is 2. The summed E-state index contributed by atoms with van der Waals surface area (Å²) in [6, 6.07) is 17.5. The Labute approximate surface area is 184 Å². The van der Waals surface area contributed by atoms with Gasteiger partial charge in [0, 0.05) is 6.42 Å². The lowest BCUT2D eigenvalue weighted by Crippen LogP contribution is -2.46. The molecule has 31 heavy (non-hydrogen) atoms. The van der Waals surface area contributed by atoms with Gasteiger partial charge in [-0.2, -0.15) is 0 Å². The van der Waals surface area contributed by atoms with E-state index >= 15 is 0 Å². The molecule has 6 heteroatoms. The minimum Gasteiger partial charge on any atom is -0.458 e. The van der Waals surface area contributed by atoms with E-state index in [0.717, 1.165) is 11.1 Å². The molecule has 0 bridgehead atoms. The van der Waals surface area contributed by atoms with Gasteiger partial charge in [-0.3, -0.25) is 9.59 Å². The Kier molecular flexibility index (Phi) is 8.36. The van der Waals surface area contributed by atoms with Gasteiger partial charge in [-0.15, -0.1) is 0 Å². The Bertz CT molecular complexity index is 779. The Morgan fingerprint density at radius 2 is 1.03 bits per heavy atom. The maximum absolute atomic E-state index is 12.5. The van der Waals surface area contributed by atoms with E-state index in [1.54, 1.807) is 27.7 Å². The van der Waals surface area contributed by atoms with Crippen molar-refractivity contribution >= 4 is 11.9 Å². The van der Waals surface area contributed by atoms with E-state index in [2.05, 4.69) is 0 Å². The second kappa shape index (κ2) is 10.6. The molecule has 2 aromatic carbocycles. The summed E-state index contributed by atoms with van der Waals surface area (Å²) in [6.45, 7) is 7.11. The van der Waals surface area contributed by atoms with Crippen LogP contribution in [-0.4, -0.2) is 35.2 Å². The fraction of sp³-hybridized carbons (Fsp3) is 0.440. The molecular weight excluding hydrogens is 392 g/mol. The molecule has 0 saturated heterocycles. The molecule has 0 amide bonds. The molecule has 2 aromatic rings. The van der Waals surface area contributed by atoms with Crippen LogP contribution >= 0.6 is 0 Å². The van der Waals surface area contributed by atoms with E-state index in [4.69, 9.17) is 20.9 Å². The van der Waals surface area contributed by atoms with Crippen LogP contribution in [0.3, 0.4) is 0 Å². The van der Waals surface area contributed by atoms with Crippen LogP contribution in [0.25, 0.3) is 0 Å². The molecule has 6 nitrogen and oxygen atoms in total. The summed E-state index contributed by atoms with van der Waals surface area (Å²) >= 11 is 0. The molecule has 2 rings (SSSR count). The van der Waals surface area contributed by atoms with E-state index in [-0.39, 0.29) is 0 Å². The van der Waals surface area contributed by atoms with Crippen LogP contribution in [0.5, 0.6) is 0 Å². The van der Waals surface area contributed by atoms with Gasteiger partial charge in [0.2, 0.25) is 0 Å². The highest BCUT2D eigenvalue weighted by molar-refractivity contribution is 5.77. The first-order valence-corrected chi connectivity index (χ1v) is 10.5. The van der Waals surface area contributed by atoms with Crippen molar-refractivity contribution in [2.24, 2.45) is 11.5 Å².